The van der Waals surface area contributed by atoms with Gasteiger partial charge in [-0.3, -0.25) is 4.79 Å². The molecule has 0 aromatic heterocycles. The van der Waals surface area contributed by atoms with E-state index in [0.717, 1.165) is 12.1 Å². The number of nitrogens with one attached hydrogen (secondary N) is 1. The fraction of sp³-hybridized carbons (Fsp3) is 0.562. The highest BCUT2D eigenvalue weighted by atomic mass is 19.1. The predicted molar refractivity (Wildman–Crippen MR) is 80.2 cm³/mol. The van der Waals surface area contributed by atoms with Crippen molar-refractivity contribution in [1.82, 2.24) is 10.2 Å². The molecule has 1 aromatic rings. The Morgan fingerprint density at radius 3 is 2.35 bits per heavy atom. The van der Waals surface area contributed by atoms with Gasteiger partial charge in [0, 0.05) is 19.5 Å². The molecule has 0 saturated carbocycles. The van der Waals surface area contributed by atoms with Gasteiger partial charge >= 0.3 is 0 Å². The maximum atomic E-state index is 13.0. The zero-order chi connectivity index (χ0) is 15.1. The molecule has 3 nitrogen and oxygen atoms in total. The van der Waals surface area contributed by atoms with E-state index in [1.54, 1.807) is 12.1 Å². The van der Waals surface area contributed by atoms with E-state index in [9.17, 15) is 9.18 Å². The summed E-state index contributed by atoms with van der Waals surface area (Å²) in [6, 6.07) is 6.45. The minimum Gasteiger partial charge on any atom is -0.355 e. The third kappa shape index (κ3) is 5.70. The van der Waals surface area contributed by atoms with Crippen LogP contribution in [0.4, 0.5) is 4.39 Å². The first-order valence-corrected chi connectivity index (χ1v) is 7.07. The molecule has 1 amide bonds. The van der Waals surface area contributed by atoms with Crippen molar-refractivity contribution in [3.63, 3.8) is 0 Å². The van der Waals surface area contributed by atoms with Crippen LogP contribution in [0.2, 0.25) is 0 Å². The van der Waals surface area contributed by atoms with Crippen LogP contribution < -0.4 is 5.32 Å². The number of hydrogen-bond acceptors (Lipinski definition) is 2. The fourth-order valence-electron chi connectivity index (χ4n) is 2.14. The number of rotatable bonds is 7. The number of benzene rings is 1. The molecule has 1 atom stereocenters. The summed E-state index contributed by atoms with van der Waals surface area (Å²) in [6.07, 6.45) is 0.441. The number of halogens is 1. The number of amides is 1. The van der Waals surface area contributed by atoms with Crippen molar-refractivity contribution in [3.05, 3.63) is 35.6 Å². The molecule has 0 radical (unpaired) electrons. The Morgan fingerprint density at radius 2 is 1.85 bits per heavy atom. The number of likely N-dealkylation sites (N-methyl/N-ethyl adjacent to an activating group) is 1. The molecule has 112 valence electrons. The molecule has 0 saturated heterocycles. The van der Waals surface area contributed by atoms with Gasteiger partial charge in [-0.2, -0.15) is 0 Å². The Balaban J connectivity index is 2.59. The van der Waals surface area contributed by atoms with Crippen LogP contribution in [0.5, 0.6) is 0 Å². The van der Waals surface area contributed by atoms with Gasteiger partial charge in [0.2, 0.25) is 5.91 Å². The normalized spacial score (nSPS) is 12.8. The summed E-state index contributed by atoms with van der Waals surface area (Å²) in [5.74, 6) is 0.261. The number of carbonyl (C=O) groups excluding carboxylic acids is 1. The van der Waals surface area contributed by atoms with E-state index >= 15 is 0 Å². The molecular formula is C16H25FN2O. The van der Waals surface area contributed by atoms with E-state index in [-0.39, 0.29) is 17.6 Å². The lowest BCUT2D eigenvalue weighted by molar-refractivity contribution is -0.121. The molecule has 0 heterocycles. The van der Waals surface area contributed by atoms with Gasteiger partial charge in [-0.05, 0) is 43.6 Å². The zero-order valence-electron chi connectivity index (χ0n) is 12.8. The zero-order valence-corrected chi connectivity index (χ0v) is 12.8. The van der Waals surface area contributed by atoms with Crippen LogP contribution in [0.25, 0.3) is 0 Å². The van der Waals surface area contributed by atoms with Crippen LogP contribution in [-0.4, -0.2) is 38.0 Å². The average molecular weight is 280 g/mol. The maximum Gasteiger partial charge on any atom is 0.220 e. The van der Waals surface area contributed by atoms with E-state index in [0.29, 0.717) is 18.9 Å². The molecule has 0 fully saturated rings. The molecule has 1 unspecified atom stereocenters. The molecule has 4 heteroatoms. The second-order valence-electron chi connectivity index (χ2n) is 5.76. The van der Waals surface area contributed by atoms with Crippen LogP contribution in [0.1, 0.15) is 31.7 Å². The molecule has 0 aliphatic rings. The molecule has 1 N–H and O–H groups in total. The number of carbonyl (C=O) groups is 1. The highest BCUT2D eigenvalue weighted by Gasteiger charge is 2.19. The SMILES string of the molecule is CC(C)C(CC(=O)NCCN(C)C)c1ccc(F)cc1. The summed E-state index contributed by atoms with van der Waals surface area (Å²) < 4.78 is 13.0. The van der Waals surface area contributed by atoms with E-state index in [2.05, 4.69) is 19.2 Å². The first-order valence-electron chi connectivity index (χ1n) is 7.07. The molecule has 1 rings (SSSR count). The van der Waals surface area contributed by atoms with E-state index in [1.807, 2.05) is 19.0 Å². The van der Waals surface area contributed by atoms with Gasteiger partial charge in [-0.25, -0.2) is 4.39 Å². The van der Waals surface area contributed by atoms with Crippen molar-refractivity contribution < 1.29 is 9.18 Å². The summed E-state index contributed by atoms with van der Waals surface area (Å²) in [6.45, 7) is 5.65. The monoisotopic (exact) mass is 280 g/mol. The Labute approximate surface area is 121 Å². The molecule has 0 aliphatic heterocycles. The number of hydrogen-bond donors (Lipinski definition) is 1. The molecule has 0 aliphatic carbocycles. The first-order chi connectivity index (χ1) is 9.40. The summed E-state index contributed by atoms with van der Waals surface area (Å²) in [7, 11) is 3.95. The topological polar surface area (TPSA) is 32.3 Å². The van der Waals surface area contributed by atoms with E-state index in [4.69, 9.17) is 0 Å². The summed E-state index contributed by atoms with van der Waals surface area (Å²) in [4.78, 5) is 14.0. The van der Waals surface area contributed by atoms with Crippen molar-refractivity contribution >= 4 is 5.91 Å². The Hall–Kier alpha value is -1.42. The lowest BCUT2D eigenvalue weighted by atomic mass is 9.85. The minimum atomic E-state index is -0.244. The van der Waals surface area contributed by atoms with Gasteiger partial charge < -0.3 is 10.2 Å². The second-order valence-corrected chi connectivity index (χ2v) is 5.76. The van der Waals surface area contributed by atoms with Gasteiger partial charge in [0.25, 0.3) is 0 Å². The molecular weight excluding hydrogens is 255 g/mol. The second kappa shape index (κ2) is 8.00. The van der Waals surface area contributed by atoms with Crippen molar-refractivity contribution in [2.45, 2.75) is 26.2 Å². The van der Waals surface area contributed by atoms with Crippen molar-refractivity contribution in [3.8, 4) is 0 Å². The van der Waals surface area contributed by atoms with Crippen molar-refractivity contribution in [1.29, 1.82) is 0 Å². The quantitative estimate of drug-likeness (QED) is 0.832. The Kier molecular flexibility index (Phi) is 6.65. The van der Waals surface area contributed by atoms with Crippen LogP contribution in [-0.2, 0) is 4.79 Å². The first kappa shape index (κ1) is 16.6. The van der Waals surface area contributed by atoms with Crippen LogP contribution in [0.3, 0.4) is 0 Å². The van der Waals surface area contributed by atoms with Gasteiger partial charge in [-0.1, -0.05) is 26.0 Å². The minimum absolute atomic E-state index is 0.0508. The van der Waals surface area contributed by atoms with Crippen LogP contribution in [0.15, 0.2) is 24.3 Å². The fourth-order valence-corrected chi connectivity index (χ4v) is 2.14. The van der Waals surface area contributed by atoms with Crippen LogP contribution >= 0.6 is 0 Å². The van der Waals surface area contributed by atoms with Gasteiger partial charge in [0.05, 0.1) is 0 Å². The molecule has 1 aromatic carbocycles. The maximum absolute atomic E-state index is 13.0. The lowest BCUT2D eigenvalue weighted by Crippen LogP contribution is -2.32. The van der Waals surface area contributed by atoms with Crippen molar-refractivity contribution in [2.24, 2.45) is 5.92 Å². The third-order valence-electron chi connectivity index (χ3n) is 3.39. The Morgan fingerprint density at radius 1 is 1.25 bits per heavy atom. The summed E-state index contributed by atoms with van der Waals surface area (Å²) in [5.41, 5.74) is 1.02. The summed E-state index contributed by atoms with van der Waals surface area (Å²) in [5, 5.41) is 2.93. The van der Waals surface area contributed by atoms with E-state index < -0.39 is 0 Å². The summed E-state index contributed by atoms with van der Waals surface area (Å²) >= 11 is 0. The molecule has 20 heavy (non-hydrogen) atoms. The highest BCUT2D eigenvalue weighted by Crippen LogP contribution is 2.27. The standard InChI is InChI=1S/C16H25FN2O/c1-12(2)15(13-5-7-14(17)8-6-13)11-16(20)18-9-10-19(3)4/h5-8,12,15H,9-11H2,1-4H3,(H,18,20). The largest absolute Gasteiger partial charge is 0.355 e. The van der Waals surface area contributed by atoms with E-state index in [1.165, 1.54) is 12.1 Å². The smallest absolute Gasteiger partial charge is 0.220 e. The van der Waals surface area contributed by atoms with Gasteiger partial charge in [0.1, 0.15) is 5.82 Å². The predicted octanol–water partition coefficient (Wildman–Crippen LogP) is 2.63. The third-order valence-corrected chi connectivity index (χ3v) is 3.39. The number of nitrogens with zero attached hydrogens (tertiary/aromatic N) is 1. The average Bonchev–Trinajstić information content (AvgIpc) is 2.36. The lowest BCUT2D eigenvalue weighted by Gasteiger charge is -2.21. The van der Waals surface area contributed by atoms with Gasteiger partial charge in [-0.15, -0.1) is 0 Å². The molecule has 0 spiro atoms. The van der Waals surface area contributed by atoms with Crippen molar-refractivity contribution in [2.75, 3.05) is 27.2 Å². The highest BCUT2D eigenvalue weighted by molar-refractivity contribution is 5.76. The van der Waals surface area contributed by atoms with Crippen LogP contribution in [0, 0.1) is 11.7 Å². The Bertz CT molecular complexity index is 415. The van der Waals surface area contributed by atoms with Gasteiger partial charge in [0.15, 0.2) is 0 Å². The molecule has 0 bridgehead atoms.